The smallest absolute Gasteiger partial charge is 0.262 e. The van der Waals surface area contributed by atoms with Gasteiger partial charge in [0.15, 0.2) is 5.65 Å². The SMILES string of the molecule is C[C@H]1CC(n2ncc3c(=O)[nH]c(CC4CCCC4)nc32)CCO1. The molecule has 0 amide bonds. The number of fused-ring (bicyclic) bond motifs is 1. The lowest BCUT2D eigenvalue weighted by atomic mass is 10.0. The molecule has 0 spiro atoms. The first-order valence-electron chi connectivity index (χ1n) is 8.78. The predicted octanol–water partition coefficient (Wildman–Crippen LogP) is 2.59. The van der Waals surface area contributed by atoms with Gasteiger partial charge in [-0.25, -0.2) is 9.67 Å². The summed E-state index contributed by atoms with van der Waals surface area (Å²) in [6.45, 7) is 2.83. The molecule has 1 unspecified atom stereocenters. The summed E-state index contributed by atoms with van der Waals surface area (Å²) < 4.78 is 7.57. The first-order valence-corrected chi connectivity index (χ1v) is 8.78. The number of nitrogens with zero attached hydrogens (tertiary/aromatic N) is 3. The van der Waals surface area contributed by atoms with Crippen molar-refractivity contribution in [3.8, 4) is 0 Å². The largest absolute Gasteiger partial charge is 0.378 e. The van der Waals surface area contributed by atoms with Crippen LogP contribution in [0.2, 0.25) is 0 Å². The van der Waals surface area contributed by atoms with Crippen molar-refractivity contribution in [1.29, 1.82) is 0 Å². The number of aromatic amines is 1. The van der Waals surface area contributed by atoms with Crippen molar-refractivity contribution in [3.05, 3.63) is 22.4 Å². The fourth-order valence-corrected chi connectivity index (χ4v) is 4.03. The maximum absolute atomic E-state index is 12.4. The van der Waals surface area contributed by atoms with Crippen LogP contribution in [0.25, 0.3) is 11.0 Å². The third kappa shape index (κ3) is 2.92. The Bertz CT molecular complexity index is 745. The monoisotopic (exact) mass is 316 g/mol. The van der Waals surface area contributed by atoms with E-state index in [1.165, 1.54) is 25.7 Å². The molecule has 2 aromatic heterocycles. The van der Waals surface area contributed by atoms with Crippen molar-refractivity contribution >= 4 is 11.0 Å². The lowest BCUT2D eigenvalue weighted by Crippen LogP contribution is -2.26. The molecule has 124 valence electrons. The van der Waals surface area contributed by atoms with Crippen LogP contribution in [-0.2, 0) is 11.2 Å². The number of hydrogen-bond donors (Lipinski definition) is 1. The lowest BCUT2D eigenvalue weighted by Gasteiger charge is -2.27. The van der Waals surface area contributed by atoms with E-state index in [0.29, 0.717) is 11.3 Å². The highest BCUT2D eigenvalue weighted by atomic mass is 16.5. The van der Waals surface area contributed by atoms with Crippen molar-refractivity contribution in [3.63, 3.8) is 0 Å². The molecule has 2 atom stereocenters. The zero-order valence-corrected chi connectivity index (χ0v) is 13.6. The first-order chi connectivity index (χ1) is 11.2. The third-order valence-electron chi connectivity index (χ3n) is 5.27. The summed E-state index contributed by atoms with van der Waals surface area (Å²) in [5.41, 5.74) is 0.676. The molecular formula is C17H24N4O2. The molecule has 1 N–H and O–H groups in total. The van der Waals surface area contributed by atoms with Crippen LogP contribution in [0.1, 0.15) is 57.3 Å². The van der Waals surface area contributed by atoms with Gasteiger partial charge in [-0.05, 0) is 25.7 Å². The Morgan fingerprint density at radius 1 is 1.35 bits per heavy atom. The molecule has 1 saturated carbocycles. The van der Waals surface area contributed by atoms with E-state index < -0.39 is 0 Å². The number of nitrogens with one attached hydrogen (secondary N) is 1. The molecule has 2 aromatic rings. The Hall–Kier alpha value is -1.69. The van der Waals surface area contributed by atoms with Gasteiger partial charge < -0.3 is 9.72 Å². The zero-order valence-electron chi connectivity index (χ0n) is 13.6. The number of rotatable bonds is 3. The third-order valence-corrected chi connectivity index (χ3v) is 5.27. The summed E-state index contributed by atoms with van der Waals surface area (Å²) in [6.07, 6.45) is 9.70. The van der Waals surface area contributed by atoms with Gasteiger partial charge in [0.1, 0.15) is 11.2 Å². The van der Waals surface area contributed by atoms with E-state index >= 15 is 0 Å². The molecule has 23 heavy (non-hydrogen) atoms. The minimum atomic E-state index is -0.0608. The van der Waals surface area contributed by atoms with Crippen LogP contribution in [0.3, 0.4) is 0 Å². The molecule has 0 bridgehead atoms. The van der Waals surface area contributed by atoms with E-state index in [1.807, 2.05) is 4.68 Å². The highest BCUT2D eigenvalue weighted by Gasteiger charge is 2.24. The second-order valence-electron chi connectivity index (χ2n) is 7.05. The molecule has 0 radical (unpaired) electrons. The summed E-state index contributed by atoms with van der Waals surface area (Å²) in [7, 11) is 0. The molecule has 6 nitrogen and oxygen atoms in total. The number of H-pyrrole nitrogens is 1. The normalized spacial score (nSPS) is 26.1. The van der Waals surface area contributed by atoms with Gasteiger partial charge in [0.05, 0.1) is 18.3 Å². The fourth-order valence-electron chi connectivity index (χ4n) is 4.03. The first kappa shape index (κ1) is 14.9. The topological polar surface area (TPSA) is 72.8 Å². The number of hydrogen-bond acceptors (Lipinski definition) is 4. The quantitative estimate of drug-likeness (QED) is 0.944. The molecule has 1 aliphatic carbocycles. The second kappa shape index (κ2) is 6.07. The Balaban J connectivity index is 1.68. The van der Waals surface area contributed by atoms with Crippen molar-refractivity contribution in [2.24, 2.45) is 5.92 Å². The summed E-state index contributed by atoms with van der Waals surface area (Å²) in [5, 5.41) is 5.06. The van der Waals surface area contributed by atoms with Crippen LogP contribution in [0.5, 0.6) is 0 Å². The van der Waals surface area contributed by atoms with Gasteiger partial charge in [0, 0.05) is 13.0 Å². The molecule has 2 fully saturated rings. The predicted molar refractivity (Wildman–Crippen MR) is 87.5 cm³/mol. The second-order valence-corrected chi connectivity index (χ2v) is 7.05. The average Bonchev–Trinajstić information content (AvgIpc) is 3.17. The highest BCUT2D eigenvalue weighted by molar-refractivity contribution is 5.73. The van der Waals surface area contributed by atoms with Gasteiger partial charge in [0.2, 0.25) is 0 Å². The van der Waals surface area contributed by atoms with Gasteiger partial charge in [-0.3, -0.25) is 4.79 Å². The fraction of sp³-hybridized carbons (Fsp3) is 0.706. The molecule has 6 heteroatoms. The van der Waals surface area contributed by atoms with Crippen LogP contribution < -0.4 is 5.56 Å². The van der Waals surface area contributed by atoms with Crippen molar-refractivity contribution in [2.45, 2.75) is 64.0 Å². The summed E-state index contributed by atoms with van der Waals surface area (Å²) >= 11 is 0. The molecule has 4 rings (SSSR count). The summed E-state index contributed by atoms with van der Waals surface area (Å²) in [6, 6.07) is 0.268. The van der Waals surface area contributed by atoms with Crippen molar-refractivity contribution in [1.82, 2.24) is 19.7 Å². The Morgan fingerprint density at radius 3 is 2.96 bits per heavy atom. The standard InChI is InChI=1S/C17H24N4O2/c1-11-8-13(6-7-23-11)21-16-14(10-18-21)17(22)20-15(19-16)9-12-4-2-3-5-12/h10-13H,2-9H2,1H3,(H,19,20,22)/t11-,13?/m0/s1. The van der Waals surface area contributed by atoms with Crippen molar-refractivity contribution in [2.75, 3.05) is 6.61 Å². The van der Waals surface area contributed by atoms with Gasteiger partial charge in [-0.1, -0.05) is 25.7 Å². The molecule has 2 aliphatic rings. The lowest BCUT2D eigenvalue weighted by molar-refractivity contribution is 0.00431. The van der Waals surface area contributed by atoms with E-state index in [4.69, 9.17) is 9.72 Å². The van der Waals surface area contributed by atoms with E-state index in [2.05, 4.69) is 17.0 Å². The zero-order chi connectivity index (χ0) is 15.8. The van der Waals surface area contributed by atoms with Crippen LogP contribution in [0.4, 0.5) is 0 Å². The molecule has 0 aromatic carbocycles. The van der Waals surface area contributed by atoms with E-state index in [0.717, 1.165) is 37.3 Å². The minimum Gasteiger partial charge on any atom is -0.378 e. The average molecular weight is 316 g/mol. The maximum Gasteiger partial charge on any atom is 0.262 e. The van der Waals surface area contributed by atoms with Gasteiger partial charge in [-0.15, -0.1) is 0 Å². The van der Waals surface area contributed by atoms with Crippen LogP contribution in [0, 0.1) is 5.92 Å². The van der Waals surface area contributed by atoms with E-state index in [-0.39, 0.29) is 17.7 Å². The molecule has 1 saturated heterocycles. The van der Waals surface area contributed by atoms with Crippen LogP contribution >= 0.6 is 0 Å². The Morgan fingerprint density at radius 2 is 2.17 bits per heavy atom. The van der Waals surface area contributed by atoms with Crippen LogP contribution in [0.15, 0.2) is 11.0 Å². The Labute approximate surface area is 135 Å². The molecule has 1 aliphatic heterocycles. The summed E-state index contributed by atoms with van der Waals surface area (Å²) in [5.74, 6) is 1.48. The molecular weight excluding hydrogens is 292 g/mol. The van der Waals surface area contributed by atoms with Crippen LogP contribution in [-0.4, -0.2) is 32.5 Å². The van der Waals surface area contributed by atoms with Gasteiger partial charge >= 0.3 is 0 Å². The van der Waals surface area contributed by atoms with E-state index in [9.17, 15) is 4.79 Å². The number of aromatic nitrogens is 4. The maximum atomic E-state index is 12.4. The van der Waals surface area contributed by atoms with Crippen molar-refractivity contribution < 1.29 is 4.74 Å². The number of ether oxygens (including phenoxy) is 1. The van der Waals surface area contributed by atoms with Gasteiger partial charge in [-0.2, -0.15) is 5.10 Å². The molecule has 3 heterocycles. The highest BCUT2D eigenvalue weighted by Crippen LogP contribution is 2.28. The minimum absolute atomic E-state index is 0.0608. The van der Waals surface area contributed by atoms with Gasteiger partial charge in [0.25, 0.3) is 5.56 Å². The summed E-state index contributed by atoms with van der Waals surface area (Å²) in [4.78, 5) is 20.1. The Kier molecular flexibility index (Phi) is 3.93. The van der Waals surface area contributed by atoms with E-state index in [1.54, 1.807) is 6.20 Å².